The molecule has 2 fully saturated rings. The van der Waals surface area contributed by atoms with E-state index < -0.39 is 0 Å². The van der Waals surface area contributed by atoms with Gasteiger partial charge in [-0.25, -0.2) is 0 Å². The van der Waals surface area contributed by atoms with Gasteiger partial charge in [-0.05, 0) is 55.1 Å². The lowest BCUT2D eigenvalue weighted by molar-refractivity contribution is 0.422. The SMILES string of the molecule is Cc1cccc2c(C3CC4CCC3C4)c[nH]c12. The van der Waals surface area contributed by atoms with Crippen LogP contribution >= 0.6 is 0 Å². The first kappa shape index (κ1) is 9.76. The number of rotatable bonds is 1. The summed E-state index contributed by atoms with van der Waals surface area (Å²) >= 11 is 0. The summed E-state index contributed by atoms with van der Waals surface area (Å²) in [6.07, 6.45) is 8.16. The van der Waals surface area contributed by atoms with E-state index in [1.165, 1.54) is 42.1 Å². The van der Waals surface area contributed by atoms with Crippen molar-refractivity contribution in [1.29, 1.82) is 0 Å². The van der Waals surface area contributed by atoms with Crippen molar-refractivity contribution >= 4 is 10.9 Å². The molecule has 1 heteroatoms. The first-order valence-corrected chi connectivity index (χ1v) is 6.89. The van der Waals surface area contributed by atoms with E-state index in [1.807, 2.05) is 0 Å². The van der Waals surface area contributed by atoms with Crippen LogP contribution in [0.15, 0.2) is 24.4 Å². The highest BCUT2D eigenvalue weighted by Gasteiger charge is 2.40. The fourth-order valence-electron chi connectivity index (χ4n) is 4.26. The van der Waals surface area contributed by atoms with Gasteiger partial charge in [-0.3, -0.25) is 0 Å². The fraction of sp³-hybridized carbons (Fsp3) is 0.500. The van der Waals surface area contributed by atoms with Crippen LogP contribution in [0.4, 0.5) is 0 Å². The van der Waals surface area contributed by atoms with Gasteiger partial charge in [0.15, 0.2) is 0 Å². The number of fused-ring (bicyclic) bond motifs is 3. The van der Waals surface area contributed by atoms with Crippen molar-refractivity contribution in [2.24, 2.45) is 11.8 Å². The number of aryl methyl sites for hydroxylation is 1. The predicted molar refractivity (Wildman–Crippen MR) is 71.2 cm³/mol. The second-order valence-corrected chi connectivity index (χ2v) is 6.02. The standard InChI is InChI=1S/C16H19N/c1-10-3-2-4-13-15(9-17-16(10)13)14-8-11-5-6-12(14)7-11/h2-4,9,11-12,14,17H,5-8H2,1H3. The highest BCUT2D eigenvalue weighted by molar-refractivity contribution is 5.86. The monoisotopic (exact) mass is 225 g/mol. The Bertz CT molecular complexity index is 566. The van der Waals surface area contributed by atoms with E-state index in [0.29, 0.717) is 0 Å². The third-order valence-corrected chi connectivity index (χ3v) is 5.09. The molecule has 17 heavy (non-hydrogen) atoms. The van der Waals surface area contributed by atoms with E-state index in [1.54, 1.807) is 5.56 Å². The Morgan fingerprint density at radius 2 is 2.12 bits per heavy atom. The molecule has 1 aromatic carbocycles. The van der Waals surface area contributed by atoms with Gasteiger partial charge >= 0.3 is 0 Å². The molecule has 2 aromatic rings. The van der Waals surface area contributed by atoms with Crippen LogP contribution in [-0.2, 0) is 0 Å². The molecule has 0 spiro atoms. The van der Waals surface area contributed by atoms with E-state index in [4.69, 9.17) is 0 Å². The molecule has 0 aliphatic heterocycles. The van der Waals surface area contributed by atoms with Crippen LogP contribution in [0.5, 0.6) is 0 Å². The van der Waals surface area contributed by atoms with Gasteiger partial charge in [0.2, 0.25) is 0 Å². The molecule has 1 heterocycles. The van der Waals surface area contributed by atoms with Crippen LogP contribution in [-0.4, -0.2) is 4.98 Å². The molecule has 88 valence electrons. The van der Waals surface area contributed by atoms with Gasteiger partial charge in [-0.2, -0.15) is 0 Å². The number of nitrogens with one attached hydrogen (secondary N) is 1. The van der Waals surface area contributed by atoms with Crippen molar-refractivity contribution in [3.63, 3.8) is 0 Å². The van der Waals surface area contributed by atoms with Gasteiger partial charge in [0.05, 0.1) is 0 Å². The van der Waals surface area contributed by atoms with Gasteiger partial charge < -0.3 is 4.98 Å². The Balaban J connectivity index is 1.84. The molecule has 2 bridgehead atoms. The normalized spacial score (nSPS) is 31.5. The second-order valence-electron chi connectivity index (χ2n) is 6.02. The molecule has 1 aromatic heterocycles. The van der Waals surface area contributed by atoms with Crippen molar-refractivity contribution in [3.05, 3.63) is 35.5 Å². The van der Waals surface area contributed by atoms with Crippen LogP contribution in [0, 0.1) is 18.8 Å². The van der Waals surface area contributed by atoms with Crippen molar-refractivity contribution in [2.75, 3.05) is 0 Å². The van der Waals surface area contributed by atoms with Crippen molar-refractivity contribution in [2.45, 2.75) is 38.5 Å². The van der Waals surface area contributed by atoms with Gasteiger partial charge in [0.25, 0.3) is 0 Å². The Morgan fingerprint density at radius 3 is 2.88 bits per heavy atom. The Kier molecular flexibility index (Phi) is 1.94. The molecule has 2 aliphatic rings. The van der Waals surface area contributed by atoms with Gasteiger partial charge in [-0.1, -0.05) is 24.6 Å². The average Bonchev–Trinajstić information content (AvgIpc) is 3.03. The maximum absolute atomic E-state index is 3.49. The summed E-state index contributed by atoms with van der Waals surface area (Å²) in [7, 11) is 0. The number of aromatic nitrogens is 1. The second kappa shape index (κ2) is 3.38. The highest BCUT2D eigenvalue weighted by Crippen LogP contribution is 2.53. The topological polar surface area (TPSA) is 15.8 Å². The summed E-state index contributed by atoms with van der Waals surface area (Å²) in [4.78, 5) is 3.49. The molecule has 0 radical (unpaired) electrons. The molecule has 1 nitrogen and oxygen atoms in total. The van der Waals surface area contributed by atoms with E-state index in [-0.39, 0.29) is 0 Å². The van der Waals surface area contributed by atoms with Gasteiger partial charge in [-0.15, -0.1) is 0 Å². The first-order chi connectivity index (χ1) is 8.33. The van der Waals surface area contributed by atoms with E-state index in [0.717, 1.165) is 17.8 Å². The number of hydrogen-bond donors (Lipinski definition) is 1. The molecule has 2 saturated carbocycles. The van der Waals surface area contributed by atoms with Crippen LogP contribution in [0.1, 0.15) is 42.7 Å². The lowest BCUT2D eigenvalue weighted by atomic mass is 9.83. The van der Waals surface area contributed by atoms with E-state index in [9.17, 15) is 0 Å². The lowest BCUT2D eigenvalue weighted by Gasteiger charge is -2.21. The maximum atomic E-state index is 3.49. The zero-order valence-corrected chi connectivity index (χ0v) is 10.4. The quantitative estimate of drug-likeness (QED) is 0.741. The van der Waals surface area contributed by atoms with Crippen molar-refractivity contribution in [1.82, 2.24) is 4.98 Å². The van der Waals surface area contributed by atoms with E-state index >= 15 is 0 Å². The van der Waals surface area contributed by atoms with Crippen molar-refractivity contribution < 1.29 is 0 Å². The number of H-pyrrole nitrogens is 1. The summed E-state index contributed by atoms with van der Waals surface area (Å²) in [5, 5.41) is 1.47. The maximum Gasteiger partial charge on any atom is 0.0486 e. The first-order valence-electron chi connectivity index (χ1n) is 6.89. The third-order valence-electron chi connectivity index (χ3n) is 5.09. The Morgan fingerprint density at radius 1 is 1.18 bits per heavy atom. The summed E-state index contributed by atoms with van der Waals surface area (Å²) in [5.74, 6) is 2.84. The summed E-state index contributed by atoms with van der Waals surface area (Å²) in [6, 6.07) is 6.69. The largest absolute Gasteiger partial charge is 0.361 e. The minimum atomic E-state index is 0.837. The minimum absolute atomic E-state index is 0.837. The Hall–Kier alpha value is -1.24. The van der Waals surface area contributed by atoms with Gasteiger partial charge in [0, 0.05) is 17.1 Å². The molecule has 1 N–H and O–H groups in total. The molecule has 0 amide bonds. The Labute approximate surface area is 102 Å². The minimum Gasteiger partial charge on any atom is -0.361 e. The summed E-state index contributed by atoms with van der Waals surface area (Å²) in [5.41, 5.74) is 4.32. The third kappa shape index (κ3) is 1.31. The molecule has 0 saturated heterocycles. The smallest absolute Gasteiger partial charge is 0.0486 e. The zero-order valence-electron chi connectivity index (χ0n) is 10.4. The molecule has 3 atom stereocenters. The number of hydrogen-bond acceptors (Lipinski definition) is 0. The fourth-order valence-corrected chi connectivity index (χ4v) is 4.26. The number of aromatic amines is 1. The highest BCUT2D eigenvalue weighted by atomic mass is 14.7. The number of benzene rings is 1. The zero-order chi connectivity index (χ0) is 11.4. The van der Waals surface area contributed by atoms with Crippen molar-refractivity contribution in [3.8, 4) is 0 Å². The van der Waals surface area contributed by atoms with Crippen LogP contribution in [0.2, 0.25) is 0 Å². The molecular formula is C16H19N. The lowest BCUT2D eigenvalue weighted by Crippen LogP contribution is -2.07. The van der Waals surface area contributed by atoms with Crippen LogP contribution in [0.25, 0.3) is 10.9 Å². The molecule has 2 aliphatic carbocycles. The number of para-hydroxylation sites is 1. The summed E-state index contributed by atoms with van der Waals surface area (Å²) < 4.78 is 0. The summed E-state index contributed by atoms with van der Waals surface area (Å²) in [6.45, 7) is 2.20. The van der Waals surface area contributed by atoms with Gasteiger partial charge in [0.1, 0.15) is 0 Å². The average molecular weight is 225 g/mol. The predicted octanol–water partition coefficient (Wildman–Crippen LogP) is 4.38. The molecule has 4 rings (SSSR count). The van der Waals surface area contributed by atoms with E-state index in [2.05, 4.69) is 36.3 Å². The molecular weight excluding hydrogens is 206 g/mol. The van der Waals surface area contributed by atoms with Crippen LogP contribution in [0.3, 0.4) is 0 Å². The molecule has 3 unspecified atom stereocenters. The van der Waals surface area contributed by atoms with Crippen LogP contribution < -0.4 is 0 Å².